The number of nitrogens with one attached hydrogen (secondary N) is 1. The van der Waals surface area contributed by atoms with Crippen LogP contribution in [0, 0.1) is 0 Å². The van der Waals surface area contributed by atoms with Gasteiger partial charge in [0.05, 0.1) is 10.6 Å². The zero-order valence-electron chi connectivity index (χ0n) is 9.74. The molecule has 0 saturated carbocycles. The number of hydrogen-bond donors (Lipinski definition) is 1. The molecule has 2 amide bonds. The molecule has 4 nitrogen and oxygen atoms in total. The topological polar surface area (TPSA) is 49.4 Å². The van der Waals surface area contributed by atoms with Crippen LogP contribution < -0.4 is 5.32 Å². The summed E-state index contributed by atoms with van der Waals surface area (Å²) >= 11 is 11.8. The van der Waals surface area contributed by atoms with Crippen molar-refractivity contribution in [3.05, 3.63) is 33.8 Å². The number of nitrogens with zero attached hydrogens (tertiary/aromatic N) is 1. The predicted octanol–water partition coefficient (Wildman–Crippen LogP) is 1.95. The molecule has 6 heteroatoms. The molecular formula is C12H12Cl2N2O2. The molecule has 18 heavy (non-hydrogen) atoms. The molecule has 1 unspecified atom stereocenters. The molecule has 96 valence electrons. The Morgan fingerprint density at radius 2 is 2.17 bits per heavy atom. The number of amides is 2. The highest BCUT2D eigenvalue weighted by Gasteiger charge is 2.30. The Morgan fingerprint density at radius 1 is 1.44 bits per heavy atom. The van der Waals surface area contributed by atoms with E-state index < -0.39 is 6.04 Å². The zero-order chi connectivity index (χ0) is 13.3. The van der Waals surface area contributed by atoms with Crippen LogP contribution in [-0.2, 0) is 4.79 Å². The van der Waals surface area contributed by atoms with Crippen LogP contribution in [0.5, 0.6) is 0 Å². The third-order valence-electron chi connectivity index (χ3n) is 2.92. The van der Waals surface area contributed by atoms with Gasteiger partial charge in [-0.3, -0.25) is 9.59 Å². The smallest absolute Gasteiger partial charge is 0.256 e. The summed E-state index contributed by atoms with van der Waals surface area (Å²) in [5.74, 6) is -0.433. The molecule has 1 aromatic carbocycles. The normalized spacial score (nSPS) is 19.6. The molecule has 1 aromatic rings. The third-order valence-corrected chi connectivity index (χ3v) is 3.48. The van der Waals surface area contributed by atoms with Gasteiger partial charge in [0.2, 0.25) is 5.91 Å². The van der Waals surface area contributed by atoms with Crippen LogP contribution >= 0.6 is 23.2 Å². The molecule has 1 N–H and O–H groups in total. The fourth-order valence-electron chi connectivity index (χ4n) is 1.88. The van der Waals surface area contributed by atoms with Crippen molar-refractivity contribution in [2.45, 2.75) is 13.0 Å². The Balaban J connectivity index is 2.30. The lowest BCUT2D eigenvalue weighted by atomic mass is 10.1. The van der Waals surface area contributed by atoms with Crippen LogP contribution in [-0.4, -0.2) is 35.8 Å². The van der Waals surface area contributed by atoms with E-state index in [1.54, 1.807) is 19.1 Å². The molecule has 0 bridgehead atoms. The van der Waals surface area contributed by atoms with Crippen LogP contribution in [0.25, 0.3) is 0 Å². The van der Waals surface area contributed by atoms with E-state index in [4.69, 9.17) is 23.2 Å². The molecule has 2 rings (SSSR count). The van der Waals surface area contributed by atoms with Gasteiger partial charge in [-0.2, -0.15) is 0 Å². The Hall–Kier alpha value is -1.26. The number of benzene rings is 1. The number of carbonyl (C=O) groups is 2. The van der Waals surface area contributed by atoms with E-state index in [1.165, 1.54) is 11.0 Å². The quantitative estimate of drug-likeness (QED) is 0.858. The van der Waals surface area contributed by atoms with Crippen LogP contribution in [0.4, 0.5) is 0 Å². The van der Waals surface area contributed by atoms with Crippen molar-refractivity contribution in [2.24, 2.45) is 0 Å². The third kappa shape index (κ3) is 2.44. The Kier molecular flexibility index (Phi) is 3.78. The summed E-state index contributed by atoms with van der Waals surface area (Å²) in [5.41, 5.74) is 0.325. The number of rotatable bonds is 1. The predicted molar refractivity (Wildman–Crippen MR) is 70.0 cm³/mol. The van der Waals surface area contributed by atoms with E-state index in [0.717, 1.165) is 0 Å². The summed E-state index contributed by atoms with van der Waals surface area (Å²) in [7, 11) is 0. The molecule has 1 heterocycles. The highest BCUT2D eigenvalue weighted by molar-refractivity contribution is 6.35. The summed E-state index contributed by atoms with van der Waals surface area (Å²) in [6.07, 6.45) is 0. The van der Waals surface area contributed by atoms with Crippen LogP contribution in [0.1, 0.15) is 17.3 Å². The van der Waals surface area contributed by atoms with Gasteiger partial charge in [-0.25, -0.2) is 0 Å². The second-order valence-electron chi connectivity index (χ2n) is 4.09. The van der Waals surface area contributed by atoms with Gasteiger partial charge in [0.15, 0.2) is 0 Å². The first-order valence-electron chi connectivity index (χ1n) is 5.54. The minimum atomic E-state index is -0.499. The lowest BCUT2D eigenvalue weighted by Gasteiger charge is -2.33. The van der Waals surface area contributed by atoms with Crippen LogP contribution in [0.3, 0.4) is 0 Å². The molecule has 0 spiro atoms. The maximum atomic E-state index is 12.3. The SMILES string of the molecule is CC1C(=O)NCCN1C(=O)c1cc(Cl)ccc1Cl. The first-order chi connectivity index (χ1) is 8.50. The highest BCUT2D eigenvalue weighted by atomic mass is 35.5. The van der Waals surface area contributed by atoms with Crippen molar-refractivity contribution in [2.75, 3.05) is 13.1 Å². The average molecular weight is 287 g/mol. The van der Waals surface area contributed by atoms with E-state index in [1.807, 2.05) is 0 Å². The number of carbonyl (C=O) groups excluding carboxylic acids is 2. The Bertz CT molecular complexity index is 505. The first kappa shape index (κ1) is 13.2. The minimum Gasteiger partial charge on any atom is -0.353 e. The van der Waals surface area contributed by atoms with Crippen LogP contribution in [0.15, 0.2) is 18.2 Å². The zero-order valence-corrected chi connectivity index (χ0v) is 11.3. The molecule has 1 saturated heterocycles. The largest absolute Gasteiger partial charge is 0.353 e. The first-order valence-corrected chi connectivity index (χ1v) is 6.30. The van der Waals surface area contributed by atoms with Crippen molar-refractivity contribution >= 4 is 35.0 Å². The summed E-state index contributed by atoms with van der Waals surface area (Å²) in [4.78, 5) is 25.4. The number of hydrogen-bond acceptors (Lipinski definition) is 2. The molecule has 1 aliphatic heterocycles. The van der Waals surface area contributed by atoms with Crippen molar-refractivity contribution in [3.63, 3.8) is 0 Å². The number of piperazine rings is 1. The second-order valence-corrected chi connectivity index (χ2v) is 4.93. The van der Waals surface area contributed by atoms with Gasteiger partial charge in [-0.1, -0.05) is 23.2 Å². The van der Waals surface area contributed by atoms with E-state index in [-0.39, 0.29) is 11.8 Å². The summed E-state index contributed by atoms with van der Waals surface area (Å²) in [6, 6.07) is 4.21. The Morgan fingerprint density at radius 3 is 2.89 bits per heavy atom. The van der Waals surface area contributed by atoms with Gasteiger partial charge in [0.1, 0.15) is 6.04 Å². The molecule has 0 radical (unpaired) electrons. The van der Waals surface area contributed by atoms with Crippen molar-refractivity contribution in [1.82, 2.24) is 10.2 Å². The monoisotopic (exact) mass is 286 g/mol. The van der Waals surface area contributed by atoms with Crippen molar-refractivity contribution < 1.29 is 9.59 Å². The van der Waals surface area contributed by atoms with E-state index in [0.29, 0.717) is 28.7 Å². The fraction of sp³-hybridized carbons (Fsp3) is 0.333. The summed E-state index contributed by atoms with van der Waals surface area (Å²) in [5, 5.41) is 3.48. The lowest BCUT2D eigenvalue weighted by molar-refractivity contribution is -0.127. The molecular weight excluding hydrogens is 275 g/mol. The molecule has 0 aromatic heterocycles. The minimum absolute atomic E-state index is 0.159. The van der Waals surface area contributed by atoms with Gasteiger partial charge >= 0.3 is 0 Å². The molecule has 0 aliphatic carbocycles. The van der Waals surface area contributed by atoms with Gasteiger partial charge in [0.25, 0.3) is 5.91 Å². The molecule has 1 fully saturated rings. The van der Waals surface area contributed by atoms with Gasteiger partial charge in [0, 0.05) is 18.1 Å². The maximum absolute atomic E-state index is 12.3. The van der Waals surface area contributed by atoms with Crippen molar-refractivity contribution in [1.29, 1.82) is 0 Å². The highest BCUT2D eigenvalue weighted by Crippen LogP contribution is 2.23. The summed E-state index contributed by atoms with van der Waals surface area (Å²) < 4.78 is 0. The Labute approximate surface area is 115 Å². The number of halogens is 2. The van der Waals surface area contributed by atoms with Crippen molar-refractivity contribution in [3.8, 4) is 0 Å². The van der Waals surface area contributed by atoms with Gasteiger partial charge in [-0.05, 0) is 25.1 Å². The van der Waals surface area contributed by atoms with Gasteiger partial charge < -0.3 is 10.2 Å². The van der Waals surface area contributed by atoms with E-state index >= 15 is 0 Å². The average Bonchev–Trinajstić information content (AvgIpc) is 2.35. The standard InChI is InChI=1S/C12H12Cl2N2O2/c1-7-11(17)15-4-5-16(7)12(18)9-6-8(13)2-3-10(9)14/h2-3,6-7H,4-5H2,1H3,(H,15,17). The van der Waals surface area contributed by atoms with E-state index in [2.05, 4.69) is 5.32 Å². The van der Waals surface area contributed by atoms with Gasteiger partial charge in [-0.15, -0.1) is 0 Å². The second kappa shape index (κ2) is 5.16. The molecule has 1 atom stereocenters. The lowest BCUT2D eigenvalue weighted by Crippen LogP contribution is -2.55. The molecule has 1 aliphatic rings. The summed E-state index contributed by atoms with van der Waals surface area (Å²) in [6.45, 7) is 2.60. The van der Waals surface area contributed by atoms with Crippen LogP contribution in [0.2, 0.25) is 10.0 Å². The fourth-order valence-corrected chi connectivity index (χ4v) is 2.25. The maximum Gasteiger partial charge on any atom is 0.256 e. The van der Waals surface area contributed by atoms with E-state index in [9.17, 15) is 9.59 Å².